The van der Waals surface area contributed by atoms with Crippen LogP contribution in [0.4, 0.5) is 5.69 Å². The molecule has 0 atom stereocenters. The van der Waals surface area contributed by atoms with Gasteiger partial charge in [-0.05, 0) is 31.4 Å². The van der Waals surface area contributed by atoms with E-state index in [0.717, 1.165) is 17.0 Å². The van der Waals surface area contributed by atoms with Crippen LogP contribution in [0.15, 0.2) is 18.2 Å². The molecule has 0 amide bonds. The molecule has 0 radical (unpaired) electrons. The van der Waals surface area contributed by atoms with Crippen LogP contribution in [0, 0.1) is 6.92 Å². The summed E-state index contributed by atoms with van der Waals surface area (Å²) in [7, 11) is 0. The molecule has 2 nitrogen and oxygen atoms in total. The molecule has 0 saturated heterocycles. The summed E-state index contributed by atoms with van der Waals surface area (Å²) in [5.74, 6) is 0.942. The van der Waals surface area contributed by atoms with Crippen molar-refractivity contribution in [1.82, 2.24) is 0 Å². The van der Waals surface area contributed by atoms with Crippen LogP contribution in [0.2, 0.25) is 0 Å². The number of benzene rings is 1. The molecule has 2 N–H and O–H groups in total. The summed E-state index contributed by atoms with van der Waals surface area (Å²) in [6, 6.07) is 5.79. The van der Waals surface area contributed by atoms with Gasteiger partial charge < -0.3 is 10.5 Å². The highest BCUT2D eigenvalue weighted by Crippen LogP contribution is 2.29. The fourth-order valence-electron chi connectivity index (χ4n) is 1.11. The lowest BCUT2D eigenvalue weighted by molar-refractivity contribution is 0.301. The van der Waals surface area contributed by atoms with Gasteiger partial charge >= 0.3 is 0 Å². The summed E-state index contributed by atoms with van der Waals surface area (Å²) in [6.45, 7) is 2.04. The predicted octanol–water partition coefficient (Wildman–Crippen LogP) is 2.12. The van der Waals surface area contributed by atoms with E-state index in [2.05, 4.69) is 0 Å². The summed E-state index contributed by atoms with van der Waals surface area (Å²) in [6.07, 6.45) is 2.83. The van der Waals surface area contributed by atoms with Crippen LogP contribution < -0.4 is 10.5 Å². The molecule has 0 bridgehead atoms. The Morgan fingerprint density at radius 2 is 2.17 bits per heavy atom. The lowest BCUT2D eigenvalue weighted by Crippen LogP contribution is -1.98. The smallest absolute Gasteiger partial charge is 0.124 e. The van der Waals surface area contributed by atoms with E-state index >= 15 is 0 Å². The SMILES string of the molecule is Cc1ccc(N)cc1OC1CC1. The molecule has 2 rings (SSSR count). The Morgan fingerprint density at radius 3 is 2.83 bits per heavy atom. The molecule has 1 aliphatic carbocycles. The van der Waals surface area contributed by atoms with Gasteiger partial charge in [0.25, 0.3) is 0 Å². The molecule has 1 fully saturated rings. The third kappa shape index (κ3) is 1.52. The predicted molar refractivity (Wildman–Crippen MR) is 49.2 cm³/mol. The van der Waals surface area contributed by atoms with Crippen molar-refractivity contribution in [2.75, 3.05) is 5.73 Å². The Balaban J connectivity index is 2.21. The number of rotatable bonds is 2. The number of ether oxygens (including phenoxy) is 1. The fourth-order valence-corrected chi connectivity index (χ4v) is 1.11. The van der Waals surface area contributed by atoms with Crippen LogP contribution in [0.1, 0.15) is 18.4 Å². The maximum atomic E-state index is 5.66. The van der Waals surface area contributed by atoms with E-state index in [4.69, 9.17) is 10.5 Å². The van der Waals surface area contributed by atoms with Gasteiger partial charge in [-0.25, -0.2) is 0 Å². The molecule has 0 heterocycles. The Morgan fingerprint density at radius 1 is 1.42 bits per heavy atom. The van der Waals surface area contributed by atoms with Gasteiger partial charge in [-0.3, -0.25) is 0 Å². The summed E-state index contributed by atoms with van der Waals surface area (Å²) >= 11 is 0. The van der Waals surface area contributed by atoms with Crippen molar-refractivity contribution in [2.45, 2.75) is 25.9 Å². The Bertz CT molecular complexity index is 292. The summed E-state index contributed by atoms with van der Waals surface area (Å²) < 4.78 is 5.66. The molecule has 0 unspecified atom stereocenters. The molecule has 0 aromatic heterocycles. The molecular weight excluding hydrogens is 150 g/mol. The molecular formula is C10H13NO. The molecule has 0 spiro atoms. The van der Waals surface area contributed by atoms with Gasteiger partial charge in [0, 0.05) is 11.8 Å². The van der Waals surface area contributed by atoms with Crippen molar-refractivity contribution < 1.29 is 4.74 Å². The first kappa shape index (κ1) is 7.47. The first-order valence-electron chi connectivity index (χ1n) is 4.28. The minimum Gasteiger partial charge on any atom is -0.490 e. The summed E-state index contributed by atoms with van der Waals surface area (Å²) in [5, 5.41) is 0. The van der Waals surface area contributed by atoms with Crippen LogP contribution in [0.5, 0.6) is 5.75 Å². The minimum atomic E-state index is 0.450. The van der Waals surface area contributed by atoms with E-state index in [0.29, 0.717) is 6.10 Å². The van der Waals surface area contributed by atoms with Crippen molar-refractivity contribution in [3.05, 3.63) is 23.8 Å². The summed E-state index contributed by atoms with van der Waals surface area (Å²) in [4.78, 5) is 0. The van der Waals surface area contributed by atoms with Gasteiger partial charge in [0.2, 0.25) is 0 Å². The third-order valence-corrected chi connectivity index (χ3v) is 2.03. The Kier molecular flexibility index (Phi) is 1.68. The Hall–Kier alpha value is -1.18. The van der Waals surface area contributed by atoms with Crippen LogP contribution in [-0.2, 0) is 0 Å². The van der Waals surface area contributed by atoms with Crippen molar-refractivity contribution in [3.63, 3.8) is 0 Å². The zero-order chi connectivity index (χ0) is 8.55. The van der Waals surface area contributed by atoms with Gasteiger partial charge in [-0.15, -0.1) is 0 Å². The van der Waals surface area contributed by atoms with Gasteiger partial charge in [0.15, 0.2) is 0 Å². The number of hydrogen-bond donors (Lipinski definition) is 1. The van der Waals surface area contributed by atoms with E-state index < -0.39 is 0 Å². The molecule has 1 aromatic rings. The molecule has 12 heavy (non-hydrogen) atoms. The normalized spacial score (nSPS) is 16.1. The zero-order valence-corrected chi connectivity index (χ0v) is 7.21. The van der Waals surface area contributed by atoms with E-state index in [1.165, 1.54) is 12.8 Å². The largest absolute Gasteiger partial charge is 0.490 e. The first-order valence-corrected chi connectivity index (χ1v) is 4.28. The molecule has 2 heteroatoms. The van der Waals surface area contributed by atoms with Crippen LogP contribution in [-0.4, -0.2) is 6.10 Å². The van der Waals surface area contributed by atoms with Crippen molar-refractivity contribution >= 4 is 5.69 Å². The van der Waals surface area contributed by atoms with Crippen LogP contribution in [0.3, 0.4) is 0 Å². The van der Waals surface area contributed by atoms with Gasteiger partial charge in [-0.1, -0.05) is 6.07 Å². The Labute approximate surface area is 72.3 Å². The van der Waals surface area contributed by atoms with E-state index in [1.807, 2.05) is 25.1 Å². The number of hydrogen-bond acceptors (Lipinski definition) is 2. The standard InChI is InChI=1S/C10H13NO/c1-7-2-3-8(11)6-10(7)12-9-4-5-9/h2-3,6,9H,4-5,11H2,1H3. The zero-order valence-electron chi connectivity index (χ0n) is 7.21. The average molecular weight is 163 g/mol. The van der Waals surface area contributed by atoms with Gasteiger partial charge in [0.05, 0.1) is 6.10 Å². The minimum absolute atomic E-state index is 0.450. The quantitative estimate of drug-likeness (QED) is 0.678. The maximum absolute atomic E-state index is 5.66. The lowest BCUT2D eigenvalue weighted by atomic mass is 10.2. The molecule has 1 aliphatic rings. The van der Waals surface area contributed by atoms with Gasteiger partial charge in [-0.2, -0.15) is 0 Å². The average Bonchev–Trinajstić information content (AvgIpc) is 2.81. The number of aryl methyl sites for hydroxylation is 1. The van der Waals surface area contributed by atoms with E-state index in [-0.39, 0.29) is 0 Å². The summed E-state index contributed by atoms with van der Waals surface area (Å²) in [5.41, 5.74) is 7.58. The highest BCUT2D eigenvalue weighted by atomic mass is 16.5. The highest BCUT2D eigenvalue weighted by molar-refractivity contribution is 5.48. The maximum Gasteiger partial charge on any atom is 0.124 e. The first-order chi connectivity index (χ1) is 5.75. The monoisotopic (exact) mass is 163 g/mol. The lowest BCUT2D eigenvalue weighted by Gasteiger charge is -2.07. The third-order valence-electron chi connectivity index (χ3n) is 2.03. The number of nitrogen functional groups attached to an aromatic ring is 1. The van der Waals surface area contributed by atoms with Crippen molar-refractivity contribution in [2.24, 2.45) is 0 Å². The number of nitrogens with two attached hydrogens (primary N) is 1. The molecule has 1 saturated carbocycles. The topological polar surface area (TPSA) is 35.2 Å². The van der Waals surface area contributed by atoms with E-state index in [1.54, 1.807) is 0 Å². The van der Waals surface area contributed by atoms with Crippen LogP contribution in [0.25, 0.3) is 0 Å². The molecule has 64 valence electrons. The second-order valence-corrected chi connectivity index (χ2v) is 3.34. The highest BCUT2D eigenvalue weighted by Gasteiger charge is 2.23. The van der Waals surface area contributed by atoms with Gasteiger partial charge in [0.1, 0.15) is 5.75 Å². The van der Waals surface area contributed by atoms with Crippen molar-refractivity contribution in [3.8, 4) is 5.75 Å². The van der Waals surface area contributed by atoms with Crippen molar-refractivity contribution in [1.29, 1.82) is 0 Å². The van der Waals surface area contributed by atoms with E-state index in [9.17, 15) is 0 Å². The molecule has 0 aliphatic heterocycles. The van der Waals surface area contributed by atoms with Crippen LogP contribution >= 0.6 is 0 Å². The number of anilines is 1. The second-order valence-electron chi connectivity index (χ2n) is 3.34. The molecule has 1 aromatic carbocycles. The fraction of sp³-hybridized carbons (Fsp3) is 0.400. The second kappa shape index (κ2) is 2.70.